The van der Waals surface area contributed by atoms with Crippen molar-refractivity contribution in [3.8, 4) is 11.3 Å². The Hall–Kier alpha value is -1.15. The van der Waals surface area contributed by atoms with Gasteiger partial charge in [-0.25, -0.2) is 8.42 Å². The average Bonchev–Trinajstić information content (AvgIpc) is 2.86. The summed E-state index contributed by atoms with van der Waals surface area (Å²) in [5.41, 5.74) is 1.00. The Morgan fingerprint density at radius 1 is 1.18 bits per heavy atom. The SMILES string of the molecule is C[NH+](CCCS(=O)(=O)[O-])Cc1ccc(-c2ccc(Br)cc2)o1. The van der Waals surface area contributed by atoms with Gasteiger partial charge in [-0.15, -0.1) is 0 Å². The molecule has 0 amide bonds. The van der Waals surface area contributed by atoms with Gasteiger partial charge in [0.15, 0.2) is 5.76 Å². The summed E-state index contributed by atoms with van der Waals surface area (Å²) in [6.45, 7) is 1.26. The number of halogens is 1. The molecule has 1 aromatic carbocycles. The highest BCUT2D eigenvalue weighted by molar-refractivity contribution is 9.10. The summed E-state index contributed by atoms with van der Waals surface area (Å²) in [7, 11) is -2.18. The molecular formula is C15H18BrNO4S. The summed E-state index contributed by atoms with van der Waals surface area (Å²) >= 11 is 3.39. The van der Waals surface area contributed by atoms with Crippen LogP contribution in [-0.2, 0) is 16.7 Å². The van der Waals surface area contributed by atoms with E-state index in [2.05, 4.69) is 15.9 Å². The molecule has 0 saturated heterocycles. The van der Waals surface area contributed by atoms with Gasteiger partial charge in [-0.3, -0.25) is 0 Å². The van der Waals surface area contributed by atoms with Crippen LogP contribution in [-0.4, -0.2) is 32.3 Å². The predicted octanol–water partition coefficient (Wildman–Crippen LogP) is 1.66. The third-order valence-electron chi connectivity index (χ3n) is 3.26. The summed E-state index contributed by atoms with van der Waals surface area (Å²) in [4.78, 5) is 1.10. The van der Waals surface area contributed by atoms with Crippen LogP contribution in [0.1, 0.15) is 12.2 Å². The lowest BCUT2D eigenvalue weighted by Crippen LogP contribution is -3.07. The fourth-order valence-corrected chi connectivity index (χ4v) is 2.94. The van der Waals surface area contributed by atoms with E-state index in [1.807, 2.05) is 43.4 Å². The summed E-state index contributed by atoms with van der Waals surface area (Å²) in [5.74, 6) is 1.32. The first-order valence-electron chi connectivity index (χ1n) is 6.93. The van der Waals surface area contributed by atoms with Crippen LogP contribution in [0.15, 0.2) is 45.3 Å². The van der Waals surface area contributed by atoms with Gasteiger partial charge in [0.25, 0.3) is 0 Å². The van der Waals surface area contributed by atoms with Gasteiger partial charge in [0.2, 0.25) is 0 Å². The van der Waals surface area contributed by atoms with Crippen molar-refractivity contribution >= 4 is 26.0 Å². The van der Waals surface area contributed by atoms with E-state index in [9.17, 15) is 13.0 Å². The number of hydrogen-bond acceptors (Lipinski definition) is 4. The molecule has 22 heavy (non-hydrogen) atoms. The Balaban J connectivity index is 1.90. The van der Waals surface area contributed by atoms with E-state index in [-0.39, 0.29) is 5.75 Å². The van der Waals surface area contributed by atoms with Gasteiger partial charge in [-0.05, 0) is 24.3 Å². The minimum Gasteiger partial charge on any atom is -0.748 e. The molecule has 0 bridgehead atoms. The van der Waals surface area contributed by atoms with E-state index < -0.39 is 10.1 Å². The molecule has 0 saturated carbocycles. The lowest BCUT2D eigenvalue weighted by Gasteiger charge is -2.13. The lowest BCUT2D eigenvalue weighted by molar-refractivity contribution is -0.894. The maximum Gasteiger partial charge on any atom is 0.158 e. The molecule has 0 radical (unpaired) electrons. The summed E-state index contributed by atoms with van der Waals surface area (Å²) in [6.07, 6.45) is 0.359. The maximum absolute atomic E-state index is 10.6. The van der Waals surface area contributed by atoms with Gasteiger partial charge >= 0.3 is 0 Å². The Morgan fingerprint density at radius 2 is 1.86 bits per heavy atom. The monoisotopic (exact) mass is 387 g/mol. The topological polar surface area (TPSA) is 74.8 Å². The molecule has 0 aliphatic carbocycles. The quantitative estimate of drug-likeness (QED) is 0.733. The third-order valence-corrected chi connectivity index (χ3v) is 4.58. The van der Waals surface area contributed by atoms with Gasteiger partial charge in [-0.1, -0.05) is 28.1 Å². The van der Waals surface area contributed by atoms with Crippen LogP contribution >= 0.6 is 15.9 Å². The Kier molecular flexibility index (Phi) is 5.80. The zero-order valence-corrected chi connectivity index (χ0v) is 14.6. The van der Waals surface area contributed by atoms with Crippen molar-refractivity contribution in [2.75, 3.05) is 19.3 Å². The van der Waals surface area contributed by atoms with Crippen LogP contribution in [0.5, 0.6) is 0 Å². The van der Waals surface area contributed by atoms with Crippen molar-refractivity contribution in [1.82, 2.24) is 0 Å². The standard InChI is InChI=1S/C15H18BrNO4S/c1-17(9-2-10-22(18,19)20)11-14-7-8-15(21-14)12-3-5-13(16)6-4-12/h3-8H,2,9-11H2,1H3,(H,18,19,20). The summed E-state index contributed by atoms with van der Waals surface area (Å²) in [5, 5.41) is 0. The predicted molar refractivity (Wildman–Crippen MR) is 86.5 cm³/mol. The van der Waals surface area contributed by atoms with Crippen LogP contribution in [0.2, 0.25) is 0 Å². The molecule has 120 valence electrons. The first-order chi connectivity index (χ1) is 10.3. The van der Waals surface area contributed by atoms with Gasteiger partial charge < -0.3 is 13.9 Å². The summed E-state index contributed by atoms with van der Waals surface area (Å²) in [6, 6.07) is 11.7. The number of rotatable bonds is 7. The maximum atomic E-state index is 10.6. The van der Waals surface area contributed by atoms with Crippen LogP contribution in [0.25, 0.3) is 11.3 Å². The molecule has 1 unspecified atom stereocenters. The van der Waals surface area contributed by atoms with Gasteiger partial charge in [0.05, 0.1) is 23.7 Å². The smallest absolute Gasteiger partial charge is 0.158 e. The zero-order chi connectivity index (χ0) is 16.2. The fourth-order valence-electron chi connectivity index (χ4n) is 2.18. The minimum absolute atomic E-state index is 0.313. The van der Waals surface area contributed by atoms with Crippen molar-refractivity contribution in [1.29, 1.82) is 0 Å². The molecule has 1 heterocycles. The number of quaternary nitrogens is 1. The number of nitrogens with one attached hydrogen (secondary N) is 1. The highest BCUT2D eigenvalue weighted by Crippen LogP contribution is 2.23. The molecule has 1 aromatic heterocycles. The molecule has 0 aliphatic rings. The second-order valence-electron chi connectivity index (χ2n) is 5.27. The zero-order valence-electron chi connectivity index (χ0n) is 12.2. The highest BCUT2D eigenvalue weighted by Gasteiger charge is 2.10. The second kappa shape index (κ2) is 7.41. The first kappa shape index (κ1) is 17.2. The molecule has 0 aliphatic heterocycles. The van der Waals surface area contributed by atoms with Crippen molar-refractivity contribution in [2.45, 2.75) is 13.0 Å². The van der Waals surface area contributed by atoms with E-state index >= 15 is 0 Å². The van der Waals surface area contributed by atoms with Crippen LogP contribution in [0, 0.1) is 0 Å². The van der Waals surface area contributed by atoms with Crippen LogP contribution in [0.3, 0.4) is 0 Å². The lowest BCUT2D eigenvalue weighted by atomic mass is 10.2. The average molecular weight is 388 g/mol. The van der Waals surface area contributed by atoms with Gasteiger partial charge in [-0.2, -0.15) is 0 Å². The highest BCUT2D eigenvalue weighted by atomic mass is 79.9. The minimum atomic E-state index is -4.12. The van der Waals surface area contributed by atoms with Crippen LogP contribution < -0.4 is 4.90 Å². The van der Waals surface area contributed by atoms with Crippen molar-refractivity contribution in [3.05, 3.63) is 46.6 Å². The second-order valence-corrected chi connectivity index (χ2v) is 7.71. The molecule has 7 heteroatoms. The van der Waals surface area contributed by atoms with E-state index in [4.69, 9.17) is 4.42 Å². The normalized spacial score (nSPS) is 13.2. The molecule has 1 N–H and O–H groups in total. The summed E-state index contributed by atoms with van der Waals surface area (Å²) < 4.78 is 38.5. The molecular weight excluding hydrogens is 370 g/mol. The molecule has 2 rings (SSSR count). The Bertz CT molecular complexity index is 709. The molecule has 0 spiro atoms. The van der Waals surface area contributed by atoms with Crippen LogP contribution in [0.4, 0.5) is 0 Å². The molecule has 5 nitrogen and oxygen atoms in total. The number of hydrogen-bond donors (Lipinski definition) is 1. The number of furan rings is 1. The van der Waals surface area contributed by atoms with E-state index in [1.54, 1.807) is 0 Å². The van der Waals surface area contributed by atoms with E-state index in [0.29, 0.717) is 19.5 Å². The van der Waals surface area contributed by atoms with Gasteiger partial charge in [0.1, 0.15) is 12.3 Å². The third kappa shape index (κ3) is 5.57. The number of benzene rings is 1. The Labute approximate surface area is 138 Å². The van der Waals surface area contributed by atoms with Crippen molar-refractivity contribution < 1.29 is 22.3 Å². The van der Waals surface area contributed by atoms with Crippen molar-refractivity contribution in [3.63, 3.8) is 0 Å². The van der Waals surface area contributed by atoms with Gasteiger partial charge in [0, 0.05) is 22.2 Å². The fraction of sp³-hybridized carbons (Fsp3) is 0.333. The largest absolute Gasteiger partial charge is 0.748 e. The Morgan fingerprint density at radius 3 is 2.50 bits per heavy atom. The molecule has 2 aromatic rings. The first-order valence-corrected chi connectivity index (χ1v) is 9.30. The van der Waals surface area contributed by atoms with Crippen molar-refractivity contribution in [2.24, 2.45) is 0 Å². The van der Waals surface area contributed by atoms with E-state index in [1.165, 1.54) is 0 Å². The molecule has 0 fully saturated rings. The molecule has 1 atom stereocenters. The van der Waals surface area contributed by atoms with E-state index in [0.717, 1.165) is 26.5 Å².